The predicted molar refractivity (Wildman–Crippen MR) is 139 cm³/mol. The molecular formula is C26H26ClN3O5S. The van der Waals surface area contributed by atoms with Crippen molar-refractivity contribution >= 4 is 44.9 Å². The number of piperazine rings is 1. The maximum absolute atomic E-state index is 13.3. The highest BCUT2D eigenvalue weighted by molar-refractivity contribution is 7.89. The Labute approximate surface area is 215 Å². The summed E-state index contributed by atoms with van der Waals surface area (Å²) in [5, 5.41) is 0.0386. The van der Waals surface area contributed by atoms with Crippen LogP contribution in [0.1, 0.15) is 10.4 Å². The zero-order chi connectivity index (χ0) is 25.7. The van der Waals surface area contributed by atoms with Gasteiger partial charge in [0.1, 0.15) is 0 Å². The fourth-order valence-electron chi connectivity index (χ4n) is 3.89. The van der Waals surface area contributed by atoms with Gasteiger partial charge in [-0.3, -0.25) is 4.79 Å². The number of esters is 1. The monoisotopic (exact) mass is 527 g/mol. The van der Waals surface area contributed by atoms with Gasteiger partial charge in [-0.25, -0.2) is 13.2 Å². The average molecular weight is 528 g/mol. The maximum Gasteiger partial charge on any atom is 0.340 e. The van der Waals surface area contributed by atoms with Crippen LogP contribution in [0, 0.1) is 0 Å². The quantitative estimate of drug-likeness (QED) is 0.436. The molecule has 36 heavy (non-hydrogen) atoms. The van der Waals surface area contributed by atoms with Gasteiger partial charge in [0.25, 0.3) is 5.91 Å². The Balaban J connectivity index is 1.42. The molecule has 0 saturated carbocycles. The first-order chi connectivity index (χ1) is 17.3. The van der Waals surface area contributed by atoms with E-state index in [0.717, 1.165) is 5.69 Å². The number of para-hydroxylation sites is 2. The molecular weight excluding hydrogens is 502 g/mol. The number of carbonyl (C=O) groups is 2. The lowest BCUT2D eigenvalue weighted by atomic mass is 10.2. The zero-order valence-corrected chi connectivity index (χ0v) is 21.3. The first-order valence-electron chi connectivity index (χ1n) is 11.4. The molecule has 0 aromatic heterocycles. The fourth-order valence-corrected chi connectivity index (χ4v) is 5.54. The molecule has 10 heteroatoms. The number of benzene rings is 3. The molecule has 0 radical (unpaired) electrons. The third kappa shape index (κ3) is 5.70. The molecule has 3 aromatic carbocycles. The largest absolute Gasteiger partial charge is 0.452 e. The van der Waals surface area contributed by atoms with Crippen LogP contribution in [0.4, 0.5) is 11.4 Å². The van der Waals surface area contributed by atoms with Crippen LogP contribution in [0.5, 0.6) is 0 Å². The highest BCUT2D eigenvalue weighted by atomic mass is 35.5. The lowest BCUT2D eigenvalue weighted by molar-refractivity contribution is -0.121. The Morgan fingerprint density at radius 3 is 2.17 bits per heavy atom. The average Bonchev–Trinajstić information content (AvgIpc) is 2.92. The smallest absolute Gasteiger partial charge is 0.340 e. The molecule has 1 aliphatic heterocycles. The van der Waals surface area contributed by atoms with E-state index in [1.165, 1.54) is 27.4 Å². The van der Waals surface area contributed by atoms with Crippen LogP contribution in [0.3, 0.4) is 0 Å². The van der Waals surface area contributed by atoms with Gasteiger partial charge in [-0.15, -0.1) is 0 Å². The van der Waals surface area contributed by atoms with E-state index >= 15 is 0 Å². The third-order valence-electron chi connectivity index (χ3n) is 6.00. The van der Waals surface area contributed by atoms with Crippen molar-refractivity contribution in [1.29, 1.82) is 0 Å². The van der Waals surface area contributed by atoms with Crippen LogP contribution in [0.15, 0.2) is 83.8 Å². The van der Waals surface area contributed by atoms with Gasteiger partial charge in [0.15, 0.2) is 6.61 Å². The summed E-state index contributed by atoms with van der Waals surface area (Å²) >= 11 is 6.18. The number of halogens is 1. The van der Waals surface area contributed by atoms with E-state index in [9.17, 15) is 18.0 Å². The maximum atomic E-state index is 13.3. The number of amides is 1. The molecule has 0 atom stereocenters. The number of nitrogens with zero attached hydrogens (tertiary/aromatic N) is 3. The minimum atomic E-state index is -3.86. The molecule has 0 N–H and O–H groups in total. The molecule has 1 saturated heterocycles. The van der Waals surface area contributed by atoms with Gasteiger partial charge in [0, 0.05) is 44.6 Å². The first-order valence-corrected chi connectivity index (χ1v) is 13.2. The molecule has 0 bridgehead atoms. The number of ether oxygens (including phenoxy) is 1. The number of anilines is 2. The van der Waals surface area contributed by atoms with E-state index < -0.39 is 28.5 Å². The molecule has 1 aliphatic rings. The number of likely N-dealkylation sites (N-methyl/N-ethyl adjacent to an activating group) is 1. The molecule has 4 rings (SSSR count). The highest BCUT2D eigenvalue weighted by Gasteiger charge is 2.30. The van der Waals surface area contributed by atoms with Crippen molar-refractivity contribution in [2.75, 3.05) is 49.6 Å². The summed E-state index contributed by atoms with van der Waals surface area (Å²) in [6.45, 7) is 1.18. The second kappa shape index (κ2) is 11.1. The van der Waals surface area contributed by atoms with Crippen molar-refractivity contribution in [3.8, 4) is 0 Å². The number of carbonyl (C=O) groups excluding carboxylic acids is 2. The number of hydrogen-bond donors (Lipinski definition) is 0. The highest BCUT2D eigenvalue weighted by Crippen LogP contribution is 2.25. The van der Waals surface area contributed by atoms with Crippen molar-refractivity contribution in [2.45, 2.75) is 4.90 Å². The summed E-state index contributed by atoms with van der Waals surface area (Å²) in [6, 6.07) is 22.6. The Bertz CT molecular complexity index is 1330. The fraction of sp³-hybridized carbons (Fsp3) is 0.231. The molecule has 1 heterocycles. The van der Waals surface area contributed by atoms with Crippen molar-refractivity contribution in [3.05, 3.63) is 89.4 Å². The Morgan fingerprint density at radius 2 is 1.53 bits per heavy atom. The summed E-state index contributed by atoms with van der Waals surface area (Å²) in [5.74, 6) is -1.31. The lowest BCUT2D eigenvalue weighted by Crippen LogP contribution is -2.48. The summed E-state index contributed by atoms with van der Waals surface area (Å²) < 4.78 is 33.1. The topological polar surface area (TPSA) is 87.2 Å². The van der Waals surface area contributed by atoms with Crippen LogP contribution >= 0.6 is 11.6 Å². The van der Waals surface area contributed by atoms with E-state index in [2.05, 4.69) is 4.90 Å². The molecule has 188 valence electrons. The molecule has 0 aliphatic carbocycles. The predicted octanol–water partition coefficient (Wildman–Crippen LogP) is 3.67. The molecule has 0 spiro atoms. The lowest BCUT2D eigenvalue weighted by Gasteiger charge is -2.35. The second-order valence-corrected chi connectivity index (χ2v) is 10.6. The Hall–Kier alpha value is -3.40. The van der Waals surface area contributed by atoms with Crippen molar-refractivity contribution in [3.63, 3.8) is 0 Å². The standard InChI is InChI=1S/C26H26ClN3O5S/c1-28(20-8-4-2-5-9-20)25(31)19-35-26(32)23-18-22(12-13-24(23)27)36(33,34)30-16-14-29(15-17-30)21-10-6-3-7-11-21/h2-13,18H,14-17,19H2,1H3. The van der Waals surface area contributed by atoms with Gasteiger partial charge in [0.05, 0.1) is 15.5 Å². The molecule has 0 unspecified atom stereocenters. The number of hydrogen-bond acceptors (Lipinski definition) is 6. The Kier molecular flexibility index (Phi) is 7.93. The zero-order valence-electron chi connectivity index (χ0n) is 19.7. The third-order valence-corrected chi connectivity index (χ3v) is 8.22. The summed E-state index contributed by atoms with van der Waals surface area (Å²) in [4.78, 5) is 28.6. The van der Waals surface area contributed by atoms with Crippen molar-refractivity contribution in [1.82, 2.24) is 4.31 Å². The van der Waals surface area contributed by atoms with Crippen LogP contribution in [-0.4, -0.2) is 64.4 Å². The molecule has 1 fully saturated rings. The normalized spacial score (nSPS) is 14.3. The summed E-state index contributed by atoms with van der Waals surface area (Å²) in [7, 11) is -2.28. The number of sulfonamides is 1. The van der Waals surface area contributed by atoms with Gasteiger partial charge in [-0.05, 0) is 42.5 Å². The molecule has 3 aromatic rings. The van der Waals surface area contributed by atoms with E-state index in [0.29, 0.717) is 31.9 Å². The van der Waals surface area contributed by atoms with E-state index in [1.807, 2.05) is 36.4 Å². The minimum absolute atomic E-state index is 0.0386. The van der Waals surface area contributed by atoms with Gasteiger partial charge in [-0.2, -0.15) is 4.31 Å². The van der Waals surface area contributed by atoms with Gasteiger partial charge in [-0.1, -0.05) is 48.0 Å². The summed E-state index contributed by atoms with van der Waals surface area (Å²) in [5.41, 5.74) is 1.58. The van der Waals surface area contributed by atoms with Gasteiger partial charge >= 0.3 is 5.97 Å². The second-order valence-electron chi connectivity index (χ2n) is 8.23. The van der Waals surface area contributed by atoms with Crippen molar-refractivity contribution < 1.29 is 22.7 Å². The van der Waals surface area contributed by atoms with Crippen LogP contribution < -0.4 is 9.80 Å². The van der Waals surface area contributed by atoms with Gasteiger partial charge in [0.2, 0.25) is 10.0 Å². The molecule has 1 amide bonds. The molecule has 8 nitrogen and oxygen atoms in total. The summed E-state index contributed by atoms with van der Waals surface area (Å²) in [6.07, 6.45) is 0. The number of rotatable bonds is 7. The van der Waals surface area contributed by atoms with Crippen molar-refractivity contribution in [2.24, 2.45) is 0 Å². The van der Waals surface area contributed by atoms with E-state index in [1.54, 1.807) is 31.3 Å². The van der Waals surface area contributed by atoms with E-state index in [-0.39, 0.29) is 15.5 Å². The SMILES string of the molecule is CN(C(=O)COC(=O)c1cc(S(=O)(=O)N2CCN(c3ccccc3)CC2)ccc1Cl)c1ccccc1. The Morgan fingerprint density at radius 1 is 0.917 bits per heavy atom. The van der Waals surface area contributed by atoms with Crippen LogP contribution in [-0.2, 0) is 19.6 Å². The van der Waals surface area contributed by atoms with Gasteiger partial charge < -0.3 is 14.5 Å². The van der Waals surface area contributed by atoms with Crippen LogP contribution in [0.2, 0.25) is 5.02 Å². The minimum Gasteiger partial charge on any atom is -0.452 e. The van der Waals surface area contributed by atoms with Crippen LogP contribution in [0.25, 0.3) is 0 Å². The van der Waals surface area contributed by atoms with E-state index in [4.69, 9.17) is 16.3 Å². The first kappa shape index (κ1) is 25.7.